The molecule has 4 heteroatoms. The van der Waals surface area contributed by atoms with Crippen LogP contribution in [0, 0.1) is 6.92 Å². The van der Waals surface area contributed by atoms with Crippen LogP contribution in [0.2, 0.25) is 0 Å². The number of hydrogen-bond acceptors (Lipinski definition) is 4. The maximum atomic E-state index is 4.77. The molecule has 0 amide bonds. The molecule has 0 aliphatic carbocycles. The Kier molecular flexibility index (Phi) is 4.75. The summed E-state index contributed by atoms with van der Waals surface area (Å²) in [5, 5.41) is 3.49. The Morgan fingerprint density at radius 1 is 1.42 bits per heavy atom. The molecule has 1 aliphatic heterocycles. The first kappa shape index (κ1) is 14.3. The van der Waals surface area contributed by atoms with Crippen LogP contribution in [-0.2, 0) is 0 Å². The lowest BCUT2D eigenvalue weighted by Crippen LogP contribution is -2.46. The summed E-state index contributed by atoms with van der Waals surface area (Å²) in [6.07, 6.45) is 2.50. The van der Waals surface area contributed by atoms with Gasteiger partial charge in [-0.05, 0) is 33.2 Å². The highest BCUT2D eigenvalue weighted by Crippen LogP contribution is 2.21. The van der Waals surface area contributed by atoms with Gasteiger partial charge in [0, 0.05) is 36.8 Å². The van der Waals surface area contributed by atoms with Gasteiger partial charge >= 0.3 is 0 Å². The number of likely N-dealkylation sites (N-methyl/N-ethyl adjacent to an activating group) is 1. The Bertz CT molecular complexity index is 411. The second-order valence-corrected chi connectivity index (χ2v) is 5.67. The fraction of sp³-hybridized carbons (Fsp3) is 0.733. The topological polar surface area (TPSA) is 41.1 Å². The van der Waals surface area contributed by atoms with E-state index in [1.54, 1.807) is 0 Å². The molecule has 1 fully saturated rings. The van der Waals surface area contributed by atoms with Gasteiger partial charge < -0.3 is 10.2 Å². The van der Waals surface area contributed by atoms with Crippen molar-refractivity contribution in [2.75, 3.05) is 24.5 Å². The highest BCUT2D eigenvalue weighted by molar-refractivity contribution is 5.41. The number of nitrogens with one attached hydrogen (secondary N) is 1. The van der Waals surface area contributed by atoms with Gasteiger partial charge in [-0.1, -0.05) is 13.8 Å². The number of anilines is 1. The van der Waals surface area contributed by atoms with Crippen molar-refractivity contribution in [2.45, 2.75) is 52.5 Å². The van der Waals surface area contributed by atoms with Gasteiger partial charge in [-0.3, -0.25) is 0 Å². The number of aromatic nitrogens is 2. The van der Waals surface area contributed by atoms with E-state index in [2.05, 4.69) is 49.0 Å². The van der Waals surface area contributed by atoms with Crippen LogP contribution >= 0.6 is 0 Å². The van der Waals surface area contributed by atoms with E-state index in [1.807, 2.05) is 0 Å². The fourth-order valence-corrected chi connectivity index (χ4v) is 2.69. The van der Waals surface area contributed by atoms with E-state index in [0.29, 0.717) is 12.0 Å². The van der Waals surface area contributed by atoms with Crippen molar-refractivity contribution in [3.05, 3.63) is 17.6 Å². The summed E-state index contributed by atoms with van der Waals surface area (Å²) in [5.74, 6) is 2.42. The summed E-state index contributed by atoms with van der Waals surface area (Å²) in [7, 11) is 0. The van der Waals surface area contributed by atoms with Crippen molar-refractivity contribution in [2.24, 2.45) is 0 Å². The third-order valence-electron chi connectivity index (χ3n) is 3.72. The average Bonchev–Trinajstić information content (AvgIpc) is 2.40. The van der Waals surface area contributed by atoms with E-state index in [0.717, 1.165) is 37.0 Å². The summed E-state index contributed by atoms with van der Waals surface area (Å²) < 4.78 is 0. The Labute approximate surface area is 116 Å². The fourth-order valence-electron chi connectivity index (χ4n) is 2.69. The zero-order chi connectivity index (χ0) is 13.8. The molecule has 1 N–H and O–H groups in total. The normalized spacial score (nSPS) is 19.7. The average molecular weight is 262 g/mol. The SMILES string of the molecule is CCN(c1cc(C)nc(C(C)C)n1)C1CCCNC1. The van der Waals surface area contributed by atoms with E-state index in [1.165, 1.54) is 12.8 Å². The molecule has 1 aromatic rings. The summed E-state index contributed by atoms with van der Waals surface area (Å²) in [4.78, 5) is 11.7. The third-order valence-corrected chi connectivity index (χ3v) is 3.72. The molecule has 0 spiro atoms. The lowest BCUT2D eigenvalue weighted by atomic mass is 10.1. The van der Waals surface area contributed by atoms with E-state index in [-0.39, 0.29) is 0 Å². The molecule has 0 saturated carbocycles. The molecule has 1 saturated heterocycles. The maximum Gasteiger partial charge on any atom is 0.133 e. The number of rotatable bonds is 4. The van der Waals surface area contributed by atoms with Crippen LogP contribution in [0.3, 0.4) is 0 Å². The van der Waals surface area contributed by atoms with Crippen LogP contribution in [0.4, 0.5) is 5.82 Å². The van der Waals surface area contributed by atoms with Gasteiger partial charge in [0.1, 0.15) is 11.6 Å². The van der Waals surface area contributed by atoms with Gasteiger partial charge in [-0.15, -0.1) is 0 Å². The van der Waals surface area contributed by atoms with Crippen molar-refractivity contribution in [3.63, 3.8) is 0 Å². The molecule has 0 bridgehead atoms. The minimum atomic E-state index is 0.377. The number of piperidine rings is 1. The van der Waals surface area contributed by atoms with Gasteiger partial charge in [-0.25, -0.2) is 9.97 Å². The monoisotopic (exact) mass is 262 g/mol. The first-order valence-corrected chi connectivity index (χ1v) is 7.44. The van der Waals surface area contributed by atoms with E-state index >= 15 is 0 Å². The van der Waals surface area contributed by atoms with Crippen molar-refractivity contribution in [1.29, 1.82) is 0 Å². The predicted octanol–water partition coefficient (Wildman–Crippen LogP) is 2.49. The van der Waals surface area contributed by atoms with Gasteiger partial charge in [0.2, 0.25) is 0 Å². The van der Waals surface area contributed by atoms with Crippen LogP contribution in [0.15, 0.2) is 6.07 Å². The molecule has 0 radical (unpaired) electrons. The Morgan fingerprint density at radius 3 is 2.79 bits per heavy atom. The molecule has 1 unspecified atom stereocenters. The third kappa shape index (κ3) is 3.44. The van der Waals surface area contributed by atoms with Crippen molar-refractivity contribution >= 4 is 5.82 Å². The van der Waals surface area contributed by atoms with Crippen molar-refractivity contribution < 1.29 is 0 Å². The van der Waals surface area contributed by atoms with Crippen LogP contribution in [0.1, 0.15) is 51.0 Å². The summed E-state index contributed by atoms with van der Waals surface area (Å²) in [5.41, 5.74) is 1.07. The Morgan fingerprint density at radius 2 is 2.21 bits per heavy atom. The molecule has 19 heavy (non-hydrogen) atoms. The first-order chi connectivity index (χ1) is 9.11. The smallest absolute Gasteiger partial charge is 0.133 e. The molecule has 106 valence electrons. The lowest BCUT2D eigenvalue weighted by molar-refractivity contribution is 0.432. The highest BCUT2D eigenvalue weighted by Gasteiger charge is 2.21. The summed E-state index contributed by atoms with van der Waals surface area (Å²) >= 11 is 0. The predicted molar refractivity (Wildman–Crippen MR) is 79.8 cm³/mol. The number of aryl methyl sites for hydroxylation is 1. The quantitative estimate of drug-likeness (QED) is 0.905. The molecular formula is C15H26N4. The molecule has 4 nitrogen and oxygen atoms in total. The minimum Gasteiger partial charge on any atom is -0.353 e. The van der Waals surface area contributed by atoms with Crippen LogP contribution in [0.25, 0.3) is 0 Å². The second-order valence-electron chi connectivity index (χ2n) is 5.67. The molecule has 2 heterocycles. The maximum absolute atomic E-state index is 4.77. The zero-order valence-corrected chi connectivity index (χ0v) is 12.6. The van der Waals surface area contributed by atoms with E-state index < -0.39 is 0 Å². The summed E-state index contributed by atoms with van der Waals surface area (Å²) in [6.45, 7) is 11.8. The number of nitrogens with zero attached hydrogens (tertiary/aromatic N) is 3. The summed E-state index contributed by atoms with van der Waals surface area (Å²) in [6, 6.07) is 2.68. The van der Waals surface area contributed by atoms with Gasteiger partial charge in [-0.2, -0.15) is 0 Å². The standard InChI is InChI=1S/C15H26N4/c1-5-19(13-7-6-8-16-10-13)14-9-12(4)17-15(18-14)11(2)3/h9,11,13,16H,5-8,10H2,1-4H3. The highest BCUT2D eigenvalue weighted by atomic mass is 15.2. The van der Waals surface area contributed by atoms with Gasteiger partial charge in [0.15, 0.2) is 0 Å². The number of hydrogen-bond donors (Lipinski definition) is 1. The zero-order valence-electron chi connectivity index (χ0n) is 12.6. The molecule has 1 atom stereocenters. The van der Waals surface area contributed by atoms with Gasteiger partial charge in [0.25, 0.3) is 0 Å². The molecular weight excluding hydrogens is 236 g/mol. The van der Waals surface area contributed by atoms with Crippen LogP contribution in [0.5, 0.6) is 0 Å². The Hall–Kier alpha value is -1.16. The van der Waals surface area contributed by atoms with Crippen LogP contribution in [-0.4, -0.2) is 35.6 Å². The second kappa shape index (κ2) is 6.33. The molecule has 2 rings (SSSR count). The van der Waals surface area contributed by atoms with E-state index in [9.17, 15) is 0 Å². The minimum absolute atomic E-state index is 0.377. The molecule has 0 aromatic carbocycles. The van der Waals surface area contributed by atoms with Gasteiger partial charge in [0.05, 0.1) is 0 Å². The first-order valence-electron chi connectivity index (χ1n) is 7.44. The molecule has 1 aromatic heterocycles. The largest absolute Gasteiger partial charge is 0.353 e. The van der Waals surface area contributed by atoms with Crippen molar-refractivity contribution in [3.8, 4) is 0 Å². The van der Waals surface area contributed by atoms with Crippen molar-refractivity contribution in [1.82, 2.24) is 15.3 Å². The lowest BCUT2D eigenvalue weighted by Gasteiger charge is -2.35. The van der Waals surface area contributed by atoms with E-state index in [4.69, 9.17) is 4.98 Å². The Balaban J connectivity index is 2.26. The van der Waals surface area contributed by atoms with Crippen LogP contribution < -0.4 is 10.2 Å². The molecule has 1 aliphatic rings.